The average molecular weight is 314 g/mol. The summed E-state index contributed by atoms with van der Waals surface area (Å²) in [5, 5.41) is 2.89. The zero-order valence-corrected chi connectivity index (χ0v) is 12.7. The minimum Gasteiger partial charge on any atom is -0.491 e. The normalized spacial score (nSPS) is 12.3. The van der Waals surface area contributed by atoms with Crippen LogP contribution >= 0.6 is 15.9 Å². The molecule has 0 aliphatic heterocycles. The van der Waals surface area contributed by atoms with Crippen LogP contribution in [0, 0.1) is 5.92 Å². The molecule has 1 N–H and O–H groups in total. The number of carbonyl (C=O) groups is 1. The Bertz CT molecular complexity index is 393. The lowest BCUT2D eigenvalue weighted by Crippen LogP contribution is -2.27. The lowest BCUT2D eigenvalue weighted by atomic mass is 10.1. The van der Waals surface area contributed by atoms with Crippen LogP contribution in [0.4, 0.5) is 5.69 Å². The van der Waals surface area contributed by atoms with Gasteiger partial charge in [-0.2, -0.15) is 0 Å². The number of hydrogen-bond donors (Lipinski definition) is 1. The maximum atomic E-state index is 12.0. The van der Waals surface area contributed by atoms with E-state index in [0.717, 1.165) is 17.9 Å². The van der Waals surface area contributed by atoms with Crippen LogP contribution in [0.1, 0.15) is 27.2 Å². The maximum Gasteiger partial charge on any atom is 0.238 e. The second-order valence-corrected chi connectivity index (χ2v) is 5.47. The summed E-state index contributed by atoms with van der Waals surface area (Å²) in [4.78, 5) is 11.8. The van der Waals surface area contributed by atoms with Crippen LogP contribution in [-0.2, 0) is 4.79 Å². The van der Waals surface area contributed by atoms with Gasteiger partial charge < -0.3 is 10.1 Å². The van der Waals surface area contributed by atoms with E-state index in [1.54, 1.807) is 0 Å². The van der Waals surface area contributed by atoms with E-state index in [4.69, 9.17) is 4.74 Å². The molecule has 1 aromatic rings. The Kier molecular flexibility index (Phi) is 6.19. The fourth-order valence-corrected chi connectivity index (χ4v) is 1.53. The molecule has 1 amide bonds. The molecule has 18 heavy (non-hydrogen) atoms. The molecule has 0 bridgehead atoms. The molecule has 1 unspecified atom stereocenters. The molecular formula is C14H20BrNO2. The molecule has 1 atom stereocenters. The summed E-state index contributed by atoms with van der Waals surface area (Å²) in [6.45, 7) is 6.69. The van der Waals surface area contributed by atoms with Gasteiger partial charge in [0.05, 0.1) is 17.1 Å². The summed E-state index contributed by atoms with van der Waals surface area (Å²) in [7, 11) is 0. The summed E-state index contributed by atoms with van der Waals surface area (Å²) in [6.07, 6.45) is 0.940. The minimum atomic E-state index is -0.197. The van der Waals surface area contributed by atoms with E-state index in [1.807, 2.05) is 38.1 Å². The maximum absolute atomic E-state index is 12.0. The molecule has 0 spiro atoms. The third-order valence-corrected chi connectivity index (χ3v) is 3.92. The van der Waals surface area contributed by atoms with Crippen LogP contribution in [0.5, 0.6) is 5.75 Å². The van der Waals surface area contributed by atoms with Crippen molar-refractivity contribution in [2.75, 3.05) is 11.9 Å². The smallest absolute Gasteiger partial charge is 0.238 e. The van der Waals surface area contributed by atoms with Gasteiger partial charge in [-0.15, -0.1) is 0 Å². The Morgan fingerprint density at radius 1 is 1.39 bits per heavy atom. The van der Waals surface area contributed by atoms with Crippen LogP contribution < -0.4 is 10.1 Å². The van der Waals surface area contributed by atoms with Crippen LogP contribution in [0.2, 0.25) is 0 Å². The molecule has 0 aromatic heterocycles. The zero-order chi connectivity index (χ0) is 13.5. The molecule has 1 rings (SSSR count). The quantitative estimate of drug-likeness (QED) is 0.810. The molecular weight excluding hydrogens is 294 g/mol. The fourth-order valence-electron chi connectivity index (χ4n) is 1.41. The second-order valence-electron chi connectivity index (χ2n) is 4.48. The summed E-state index contributed by atoms with van der Waals surface area (Å²) in [5.41, 5.74) is 0.723. The highest BCUT2D eigenvalue weighted by Crippen LogP contribution is 2.25. The summed E-state index contributed by atoms with van der Waals surface area (Å²) >= 11 is 3.39. The molecule has 4 heteroatoms. The van der Waals surface area contributed by atoms with Crippen LogP contribution in [-0.4, -0.2) is 17.3 Å². The predicted octanol–water partition coefficient (Wildman–Crippen LogP) is 3.83. The van der Waals surface area contributed by atoms with Crippen LogP contribution in [0.3, 0.4) is 0 Å². The van der Waals surface area contributed by atoms with Crippen LogP contribution in [0.15, 0.2) is 24.3 Å². The number of rotatable bonds is 6. The van der Waals surface area contributed by atoms with Gasteiger partial charge in [-0.3, -0.25) is 4.79 Å². The van der Waals surface area contributed by atoms with Gasteiger partial charge in [-0.05, 0) is 24.5 Å². The highest BCUT2D eigenvalue weighted by molar-refractivity contribution is 9.10. The van der Waals surface area contributed by atoms with Crippen molar-refractivity contribution in [1.82, 2.24) is 0 Å². The third kappa shape index (κ3) is 4.33. The summed E-state index contributed by atoms with van der Waals surface area (Å²) in [6, 6.07) is 7.49. The van der Waals surface area contributed by atoms with Crippen molar-refractivity contribution < 1.29 is 9.53 Å². The number of para-hydroxylation sites is 2. The van der Waals surface area contributed by atoms with Gasteiger partial charge in [0.25, 0.3) is 0 Å². The Labute approximate surface area is 117 Å². The molecule has 0 fully saturated rings. The zero-order valence-electron chi connectivity index (χ0n) is 11.1. The first kappa shape index (κ1) is 15.0. The molecule has 0 saturated carbocycles. The molecule has 1 aromatic carbocycles. The summed E-state index contributed by atoms with van der Waals surface area (Å²) in [5.74, 6) is 0.919. The standard InChI is InChI=1S/C14H20BrNO2/c1-4-9-18-12-8-6-5-7-11(12)16-14(17)13(15)10(2)3/h5-8,10,13H,4,9H2,1-3H3,(H,16,17). The lowest BCUT2D eigenvalue weighted by Gasteiger charge is -2.16. The minimum absolute atomic E-state index is 0.0439. The molecule has 100 valence electrons. The fraction of sp³-hybridized carbons (Fsp3) is 0.500. The SMILES string of the molecule is CCCOc1ccccc1NC(=O)C(Br)C(C)C. The van der Waals surface area contributed by atoms with E-state index in [0.29, 0.717) is 6.61 Å². The van der Waals surface area contributed by atoms with Crippen molar-refractivity contribution in [2.45, 2.75) is 32.0 Å². The van der Waals surface area contributed by atoms with Gasteiger partial charge in [-0.25, -0.2) is 0 Å². The van der Waals surface area contributed by atoms with Gasteiger partial charge in [0, 0.05) is 0 Å². The van der Waals surface area contributed by atoms with E-state index in [1.165, 1.54) is 0 Å². The first-order chi connectivity index (χ1) is 8.56. The molecule has 0 aliphatic carbocycles. The lowest BCUT2D eigenvalue weighted by molar-refractivity contribution is -0.116. The number of benzene rings is 1. The van der Waals surface area contributed by atoms with E-state index in [2.05, 4.69) is 28.2 Å². The number of anilines is 1. The molecule has 0 saturated heterocycles. The van der Waals surface area contributed by atoms with Gasteiger partial charge >= 0.3 is 0 Å². The molecule has 0 radical (unpaired) electrons. The Hall–Kier alpha value is -1.03. The summed E-state index contributed by atoms with van der Waals surface area (Å²) < 4.78 is 5.60. The Morgan fingerprint density at radius 3 is 2.67 bits per heavy atom. The van der Waals surface area contributed by atoms with E-state index in [9.17, 15) is 4.79 Å². The van der Waals surface area contributed by atoms with Crippen molar-refractivity contribution in [3.8, 4) is 5.75 Å². The van der Waals surface area contributed by atoms with Gasteiger partial charge in [0.1, 0.15) is 5.75 Å². The predicted molar refractivity (Wildman–Crippen MR) is 78.4 cm³/mol. The average Bonchev–Trinajstić information content (AvgIpc) is 2.36. The number of ether oxygens (including phenoxy) is 1. The third-order valence-electron chi connectivity index (χ3n) is 2.44. The Morgan fingerprint density at radius 2 is 2.06 bits per heavy atom. The molecule has 0 aliphatic rings. The van der Waals surface area contributed by atoms with Crippen molar-refractivity contribution >= 4 is 27.5 Å². The van der Waals surface area contributed by atoms with E-state index < -0.39 is 0 Å². The van der Waals surface area contributed by atoms with Crippen molar-refractivity contribution in [2.24, 2.45) is 5.92 Å². The first-order valence-electron chi connectivity index (χ1n) is 6.23. The van der Waals surface area contributed by atoms with Crippen molar-refractivity contribution in [1.29, 1.82) is 0 Å². The monoisotopic (exact) mass is 313 g/mol. The first-order valence-corrected chi connectivity index (χ1v) is 7.14. The largest absolute Gasteiger partial charge is 0.491 e. The van der Waals surface area contributed by atoms with Gasteiger partial charge in [-0.1, -0.05) is 48.8 Å². The molecule has 3 nitrogen and oxygen atoms in total. The van der Waals surface area contributed by atoms with Crippen molar-refractivity contribution in [3.05, 3.63) is 24.3 Å². The number of hydrogen-bond acceptors (Lipinski definition) is 2. The number of carbonyl (C=O) groups excluding carboxylic acids is 1. The highest BCUT2D eigenvalue weighted by atomic mass is 79.9. The number of amides is 1. The van der Waals surface area contributed by atoms with E-state index >= 15 is 0 Å². The number of halogens is 1. The van der Waals surface area contributed by atoms with Gasteiger partial charge in [0.15, 0.2) is 0 Å². The topological polar surface area (TPSA) is 38.3 Å². The van der Waals surface area contributed by atoms with E-state index in [-0.39, 0.29) is 16.7 Å². The Balaban J connectivity index is 2.74. The van der Waals surface area contributed by atoms with Crippen LogP contribution in [0.25, 0.3) is 0 Å². The van der Waals surface area contributed by atoms with Crippen molar-refractivity contribution in [3.63, 3.8) is 0 Å². The number of alkyl halides is 1. The molecule has 0 heterocycles. The number of nitrogens with one attached hydrogen (secondary N) is 1. The second kappa shape index (κ2) is 7.41. The van der Waals surface area contributed by atoms with Gasteiger partial charge in [0.2, 0.25) is 5.91 Å². The highest BCUT2D eigenvalue weighted by Gasteiger charge is 2.19.